The van der Waals surface area contributed by atoms with Crippen LogP contribution in [0.15, 0.2) is 12.1 Å². The van der Waals surface area contributed by atoms with Gasteiger partial charge in [-0.1, -0.05) is 0 Å². The number of hydrogen-bond acceptors (Lipinski definition) is 5. The van der Waals surface area contributed by atoms with Gasteiger partial charge in [0.05, 0.1) is 12.4 Å². The van der Waals surface area contributed by atoms with Crippen LogP contribution in [0, 0.1) is 0 Å². The first-order valence-electron chi connectivity index (χ1n) is 5.68. The molecule has 7 heteroatoms. The molecule has 1 aromatic rings. The molecule has 1 saturated carbocycles. The van der Waals surface area contributed by atoms with Crippen LogP contribution in [-0.2, 0) is 10.0 Å². The molecule has 0 radical (unpaired) electrons. The third kappa shape index (κ3) is 3.49. The van der Waals surface area contributed by atoms with Crippen LogP contribution in [0.3, 0.4) is 0 Å². The predicted molar refractivity (Wildman–Crippen MR) is 70.7 cm³/mol. The van der Waals surface area contributed by atoms with Gasteiger partial charge in [-0.2, -0.15) is 0 Å². The van der Waals surface area contributed by atoms with Gasteiger partial charge in [0.15, 0.2) is 11.6 Å². The molecule has 0 unspecified atom stereocenters. The maximum absolute atomic E-state index is 11.2. The van der Waals surface area contributed by atoms with Crippen LogP contribution in [0.1, 0.15) is 12.8 Å². The zero-order valence-corrected chi connectivity index (χ0v) is 11.5. The molecule has 2 rings (SSSR count). The van der Waals surface area contributed by atoms with Crippen LogP contribution in [0.25, 0.3) is 0 Å². The van der Waals surface area contributed by atoms with Gasteiger partial charge in [-0.25, -0.2) is 13.4 Å². The van der Waals surface area contributed by atoms with Crippen LogP contribution >= 0.6 is 0 Å². The molecule has 0 aliphatic heterocycles. The van der Waals surface area contributed by atoms with Crippen molar-refractivity contribution >= 4 is 21.7 Å². The number of sulfonamides is 1. The molecule has 1 N–H and O–H groups in total. The third-order valence-electron chi connectivity index (χ3n) is 2.37. The summed E-state index contributed by atoms with van der Waals surface area (Å²) < 4.78 is 30.4. The van der Waals surface area contributed by atoms with Gasteiger partial charge in [-0.3, -0.25) is 4.72 Å². The summed E-state index contributed by atoms with van der Waals surface area (Å²) in [5, 5.41) is 0. The number of pyridine rings is 1. The zero-order chi connectivity index (χ0) is 13.3. The van der Waals surface area contributed by atoms with E-state index in [1.165, 1.54) is 0 Å². The fourth-order valence-electron chi connectivity index (χ4n) is 1.46. The van der Waals surface area contributed by atoms with Crippen molar-refractivity contribution in [1.29, 1.82) is 0 Å². The first-order valence-corrected chi connectivity index (χ1v) is 7.57. The minimum Gasteiger partial charge on any atom is -0.487 e. The Bertz CT molecular complexity index is 538. The lowest BCUT2D eigenvalue weighted by Gasteiger charge is -2.17. The van der Waals surface area contributed by atoms with Gasteiger partial charge in [0.25, 0.3) is 0 Å². The Morgan fingerprint density at radius 3 is 2.56 bits per heavy atom. The van der Waals surface area contributed by atoms with E-state index in [0.717, 1.165) is 19.1 Å². The van der Waals surface area contributed by atoms with Crippen LogP contribution in [0.5, 0.6) is 5.75 Å². The van der Waals surface area contributed by atoms with Crippen LogP contribution in [0.4, 0.5) is 11.6 Å². The Balaban J connectivity index is 2.27. The lowest BCUT2D eigenvalue weighted by Crippen LogP contribution is -2.16. The van der Waals surface area contributed by atoms with Gasteiger partial charge in [0.2, 0.25) is 10.0 Å². The van der Waals surface area contributed by atoms with Gasteiger partial charge in [0, 0.05) is 14.1 Å². The predicted octanol–water partition coefficient (Wildman–Crippen LogP) is 1.06. The van der Waals surface area contributed by atoms with E-state index < -0.39 is 10.0 Å². The van der Waals surface area contributed by atoms with Crippen molar-refractivity contribution in [2.45, 2.75) is 18.9 Å². The molecule has 0 aromatic carbocycles. The number of aromatic nitrogens is 1. The van der Waals surface area contributed by atoms with E-state index in [1.54, 1.807) is 17.0 Å². The van der Waals surface area contributed by atoms with E-state index in [-0.39, 0.29) is 6.10 Å². The normalized spacial score (nSPS) is 15.3. The number of nitrogens with one attached hydrogen (secondary N) is 1. The SMILES string of the molecule is CN(C)c1nc(NS(C)(=O)=O)ccc1OC1CC1. The molecule has 1 aromatic heterocycles. The van der Waals surface area contributed by atoms with Crippen LogP contribution in [-0.4, -0.2) is 39.9 Å². The van der Waals surface area contributed by atoms with Crippen molar-refractivity contribution < 1.29 is 13.2 Å². The molecule has 1 aliphatic rings. The third-order valence-corrected chi connectivity index (χ3v) is 2.95. The first-order chi connectivity index (χ1) is 8.35. The second-order valence-electron chi connectivity index (χ2n) is 4.60. The van der Waals surface area contributed by atoms with Crippen molar-refractivity contribution in [3.63, 3.8) is 0 Å². The lowest BCUT2D eigenvalue weighted by molar-refractivity contribution is 0.303. The standard InChI is InChI=1S/C11H17N3O3S/c1-14(2)11-9(17-8-4-5-8)6-7-10(12-11)13-18(3,15)16/h6-8H,4-5H2,1-3H3,(H,12,13). The Kier molecular flexibility index (Phi) is 3.34. The number of hydrogen-bond donors (Lipinski definition) is 1. The largest absolute Gasteiger partial charge is 0.487 e. The highest BCUT2D eigenvalue weighted by molar-refractivity contribution is 7.92. The molecule has 6 nitrogen and oxygen atoms in total. The fourth-order valence-corrected chi connectivity index (χ4v) is 1.95. The molecule has 0 atom stereocenters. The number of ether oxygens (including phenoxy) is 1. The highest BCUT2D eigenvalue weighted by Gasteiger charge is 2.25. The summed E-state index contributed by atoms with van der Waals surface area (Å²) in [7, 11) is 0.364. The Hall–Kier alpha value is -1.50. The minimum absolute atomic E-state index is 0.277. The van der Waals surface area contributed by atoms with E-state index in [1.807, 2.05) is 14.1 Å². The molecule has 0 bridgehead atoms. The molecule has 0 amide bonds. The van der Waals surface area contributed by atoms with Crippen molar-refractivity contribution in [2.24, 2.45) is 0 Å². The lowest BCUT2D eigenvalue weighted by atomic mass is 10.4. The van der Waals surface area contributed by atoms with Crippen molar-refractivity contribution in [2.75, 3.05) is 30.0 Å². The van der Waals surface area contributed by atoms with E-state index in [4.69, 9.17) is 4.74 Å². The molecule has 18 heavy (non-hydrogen) atoms. The second-order valence-corrected chi connectivity index (χ2v) is 6.35. The Labute approximate surface area is 107 Å². The summed E-state index contributed by atoms with van der Waals surface area (Å²) in [6.45, 7) is 0. The summed E-state index contributed by atoms with van der Waals surface area (Å²) in [4.78, 5) is 6.05. The average Bonchev–Trinajstić information content (AvgIpc) is 3.01. The highest BCUT2D eigenvalue weighted by Crippen LogP contribution is 2.33. The van der Waals surface area contributed by atoms with Crippen molar-refractivity contribution in [3.8, 4) is 5.75 Å². The van der Waals surface area contributed by atoms with Gasteiger partial charge >= 0.3 is 0 Å². The first kappa shape index (κ1) is 12.9. The summed E-state index contributed by atoms with van der Waals surface area (Å²) in [6, 6.07) is 3.35. The highest BCUT2D eigenvalue weighted by atomic mass is 32.2. The minimum atomic E-state index is -3.32. The van der Waals surface area contributed by atoms with Crippen LogP contribution < -0.4 is 14.4 Å². The van der Waals surface area contributed by atoms with Gasteiger partial charge in [-0.05, 0) is 25.0 Å². The van der Waals surface area contributed by atoms with Gasteiger partial charge in [-0.15, -0.1) is 0 Å². The molecule has 0 spiro atoms. The summed E-state index contributed by atoms with van der Waals surface area (Å²) in [5.41, 5.74) is 0. The summed E-state index contributed by atoms with van der Waals surface area (Å²) >= 11 is 0. The maximum Gasteiger partial charge on any atom is 0.230 e. The Morgan fingerprint density at radius 2 is 2.06 bits per heavy atom. The monoisotopic (exact) mass is 271 g/mol. The van der Waals surface area contributed by atoms with Crippen molar-refractivity contribution in [1.82, 2.24) is 4.98 Å². The zero-order valence-electron chi connectivity index (χ0n) is 10.7. The van der Waals surface area contributed by atoms with Gasteiger partial charge < -0.3 is 9.64 Å². The molecule has 100 valence electrons. The van der Waals surface area contributed by atoms with Gasteiger partial charge in [0.1, 0.15) is 5.82 Å². The van der Waals surface area contributed by atoms with E-state index >= 15 is 0 Å². The number of nitrogens with zero attached hydrogens (tertiary/aromatic N) is 2. The molecular weight excluding hydrogens is 254 g/mol. The van der Waals surface area contributed by atoms with E-state index in [0.29, 0.717) is 17.4 Å². The number of anilines is 2. The number of rotatable bonds is 5. The molecular formula is C11H17N3O3S. The van der Waals surface area contributed by atoms with E-state index in [2.05, 4.69) is 9.71 Å². The Morgan fingerprint density at radius 1 is 1.39 bits per heavy atom. The fraction of sp³-hybridized carbons (Fsp3) is 0.545. The van der Waals surface area contributed by atoms with Crippen LogP contribution in [0.2, 0.25) is 0 Å². The van der Waals surface area contributed by atoms with Crippen molar-refractivity contribution in [3.05, 3.63) is 12.1 Å². The second kappa shape index (κ2) is 4.64. The van der Waals surface area contributed by atoms with E-state index in [9.17, 15) is 8.42 Å². The average molecular weight is 271 g/mol. The summed E-state index contributed by atoms with van der Waals surface area (Å²) in [6.07, 6.45) is 3.50. The summed E-state index contributed by atoms with van der Waals surface area (Å²) in [5.74, 6) is 1.60. The molecule has 1 heterocycles. The molecule has 1 aliphatic carbocycles. The smallest absolute Gasteiger partial charge is 0.230 e. The maximum atomic E-state index is 11.2. The topological polar surface area (TPSA) is 71.5 Å². The quantitative estimate of drug-likeness (QED) is 0.867. The molecule has 1 fully saturated rings. The molecule has 0 saturated heterocycles.